The number of rotatable bonds is 9. The normalized spacial score (nSPS) is 11.6. The molecule has 2 N–H and O–H groups in total. The molecular weight excluding hydrogens is 318 g/mol. The summed E-state index contributed by atoms with van der Waals surface area (Å²) >= 11 is 0. The van der Waals surface area contributed by atoms with Crippen LogP contribution in [0.3, 0.4) is 0 Å². The lowest BCUT2D eigenvalue weighted by atomic mass is 9.98. The van der Waals surface area contributed by atoms with Crippen molar-refractivity contribution in [3.8, 4) is 0 Å². The molecule has 0 bridgehead atoms. The maximum absolute atomic E-state index is 11.3. The summed E-state index contributed by atoms with van der Waals surface area (Å²) in [4.78, 5) is 11.3. The Morgan fingerprint density at radius 1 is 1.20 bits per heavy atom. The quantitative estimate of drug-likeness (QED) is 0.540. The molecule has 0 fully saturated rings. The van der Waals surface area contributed by atoms with Gasteiger partial charge >= 0.3 is 5.97 Å². The van der Waals surface area contributed by atoms with Gasteiger partial charge in [0.1, 0.15) is 6.10 Å². The van der Waals surface area contributed by atoms with E-state index in [1.165, 1.54) is 0 Å². The number of carbonyl (C=O) groups is 1. The molecule has 2 aromatic carbocycles. The molecule has 0 aliphatic heterocycles. The smallest absolute Gasteiger partial charge is 0.335 e. The third-order valence-corrected chi connectivity index (χ3v) is 3.74. The van der Waals surface area contributed by atoms with Crippen LogP contribution in [-0.2, 0) is 9.47 Å². The molecule has 1 atom stereocenters. The van der Waals surface area contributed by atoms with Gasteiger partial charge in [-0.15, -0.1) is 0 Å². The number of methoxy groups -OCH3 is 1. The predicted molar refractivity (Wildman–Crippen MR) is 96.5 cm³/mol. The van der Waals surface area contributed by atoms with E-state index in [4.69, 9.17) is 9.47 Å². The van der Waals surface area contributed by atoms with Crippen molar-refractivity contribution in [2.75, 3.05) is 20.3 Å². The van der Waals surface area contributed by atoms with Gasteiger partial charge < -0.3 is 19.9 Å². The lowest BCUT2D eigenvalue weighted by Crippen LogP contribution is -2.21. The van der Waals surface area contributed by atoms with Gasteiger partial charge in [0, 0.05) is 6.54 Å². The lowest BCUT2D eigenvalue weighted by molar-refractivity contribution is 0.0694. The van der Waals surface area contributed by atoms with E-state index in [1.54, 1.807) is 25.3 Å². The summed E-state index contributed by atoms with van der Waals surface area (Å²) in [6, 6.07) is 14.8. The average Bonchev–Trinajstić information content (AvgIpc) is 2.61. The van der Waals surface area contributed by atoms with Crippen LogP contribution in [0.2, 0.25) is 0 Å². The highest BCUT2D eigenvalue weighted by Crippen LogP contribution is 2.27. The Bertz CT molecular complexity index is 742. The molecule has 2 rings (SSSR count). The zero-order valence-electron chi connectivity index (χ0n) is 14.5. The van der Waals surface area contributed by atoms with Gasteiger partial charge in [-0.1, -0.05) is 42.0 Å². The molecule has 25 heavy (non-hydrogen) atoms. The van der Waals surface area contributed by atoms with E-state index in [0.29, 0.717) is 19.0 Å². The lowest BCUT2D eigenvalue weighted by Gasteiger charge is -2.20. The van der Waals surface area contributed by atoms with Gasteiger partial charge in [-0.05, 0) is 36.8 Å². The number of aryl methyl sites for hydroxylation is 1. The molecule has 132 valence electrons. The van der Waals surface area contributed by atoms with Crippen LogP contribution in [0, 0.1) is 6.92 Å². The van der Waals surface area contributed by atoms with Crippen LogP contribution in [-0.4, -0.2) is 31.3 Å². The largest absolute Gasteiger partial charge is 0.483 e. The van der Waals surface area contributed by atoms with Crippen molar-refractivity contribution in [3.63, 3.8) is 0 Å². The van der Waals surface area contributed by atoms with Gasteiger partial charge in [0.2, 0.25) is 0 Å². The van der Waals surface area contributed by atoms with Crippen molar-refractivity contribution in [1.82, 2.24) is 5.32 Å². The van der Waals surface area contributed by atoms with Crippen molar-refractivity contribution in [3.05, 3.63) is 83.2 Å². The molecule has 0 spiro atoms. The fraction of sp³-hybridized carbons (Fsp3) is 0.250. The molecule has 5 nitrogen and oxygen atoms in total. The van der Waals surface area contributed by atoms with Crippen LogP contribution < -0.4 is 5.32 Å². The van der Waals surface area contributed by atoms with Crippen molar-refractivity contribution in [2.24, 2.45) is 0 Å². The minimum Gasteiger partial charge on any atom is -0.483 e. The highest BCUT2D eigenvalue weighted by atomic mass is 16.5. The first-order valence-electron chi connectivity index (χ1n) is 7.99. The van der Waals surface area contributed by atoms with E-state index in [9.17, 15) is 9.90 Å². The monoisotopic (exact) mass is 341 g/mol. The van der Waals surface area contributed by atoms with Crippen molar-refractivity contribution in [2.45, 2.75) is 13.0 Å². The van der Waals surface area contributed by atoms with Crippen LogP contribution in [0.5, 0.6) is 0 Å². The zero-order valence-corrected chi connectivity index (χ0v) is 14.5. The second-order valence-electron chi connectivity index (χ2n) is 5.65. The summed E-state index contributed by atoms with van der Waals surface area (Å²) in [5.74, 6) is -0.480. The molecule has 0 aliphatic carbocycles. The minimum absolute atomic E-state index is 0.240. The molecule has 0 aliphatic rings. The topological polar surface area (TPSA) is 67.8 Å². The van der Waals surface area contributed by atoms with E-state index < -0.39 is 5.97 Å². The first-order chi connectivity index (χ1) is 12.0. The van der Waals surface area contributed by atoms with Crippen molar-refractivity contribution >= 4 is 5.97 Å². The van der Waals surface area contributed by atoms with Crippen LogP contribution in [0.1, 0.15) is 33.2 Å². The fourth-order valence-corrected chi connectivity index (χ4v) is 2.49. The number of hydrogen-bond acceptors (Lipinski definition) is 4. The summed E-state index contributed by atoms with van der Waals surface area (Å²) in [5.41, 5.74) is 3.14. The number of benzene rings is 2. The highest BCUT2D eigenvalue weighted by molar-refractivity contribution is 5.87. The van der Waals surface area contributed by atoms with Crippen LogP contribution in [0.4, 0.5) is 0 Å². The second-order valence-corrected chi connectivity index (χ2v) is 5.65. The number of hydrogen-bond donors (Lipinski definition) is 2. The average molecular weight is 341 g/mol. The SMILES string of the molecule is C=C(NCCOC(c1cccc(C)c1)c1cccc(C(=O)O)c1)OC. The van der Waals surface area contributed by atoms with E-state index in [1.807, 2.05) is 37.3 Å². The number of nitrogens with one attached hydrogen (secondary N) is 1. The summed E-state index contributed by atoms with van der Waals surface area (Å²) in [5, 5.41) is 12.2. The van der Waals surface area contributed by atoms with Gasteiger partial charge in [0.15, 0.2) is 5.88 Å². The van der Waals surface area contributed by atoms with Gasteiger partial charge in [-0.25, -0.2) is 4.79 Å². The highest BCUT2D eigenvalue weighted by Gasteiger charge is 2.16. The first kappa shape index (κ1) is 18.5. The molecule has 0 saturated carbocycles. The molecule has 0 heterocycles. The molecule has 5 heteroatoms. The standard InChI is InChI=1S/C20H23NO4/c1-14-6-4-7-16(12-14)19(25-11-10-21-15(2)24-3)17-8-5-9-18(13-17)20(22)23/h4-9,12-13,19,21H,2,10-11H2,1,3H3,(H,22,23). The summed E-state index contributed by atoms with van der Waals surface area (Å²) in [7, 11) is 1.54. The molecule has 1 unspecified atom stereocenters. The van der Waals surface area contributed by atoms with Gasteiger partial charge in [-0.3, -0.25) is 0 Å². The molecular formula is C20H23NO4. The Labute approximate surface area is 147 Å². The van der Waals surface area contributed by atoms with Crippen LogP contribution in [0.25, 0.3) is 0 Å². The Balaban J connectivity index is 2.21. The van der Waals surface area contributed by atoms with Crippen LogP contribution in [0.15, 0.2) is 61.0 Å². The van der Waals surface area contributed by atoms with Gasteiger partial charge in [0.05, 0.1) is 19.3 Å². The summed E-state index contributed by atoms with van der Waals surface area (Å²) in [6.45, 7) is 6.66. The van der Waals surface area contributed by atoms with E-state index in [-0.39, 0.29) is 11.7 Å². The van der Waals surface area contributed by atoms with Gasteiger partial charge in [0.25, 0.3) is 0 Å². The minimum atomic E-state index is -0.956. The predicted octanol–water partition coefficient (Wildman–Crippen LogP) is 3.51. The molecule has 2 aromatic rings. The summed E-state index contributed by atoms with van der Waals surface area (Å²) < 4.78 is 11.0. The molecule has 0 aromatic heterocycles. The van der Waals surface area contributed by atoms with E-state index >= 15 is 0 Å². The zero-order chi connectivity index (χ0) is 18.2. The van der Waals surface area contributed by atoms with E-state index in [2.05, 4.69) is 11.9 Å². The summed E-state index contributed by atoms with van der Waals surface area (Å²) in [6.07, 6.45) is -0.350. The van der Waals surface area contributed by atoms with E-state index in [0.717, 1.165) is 16.7 Å². The third-order valence-electron chi connectivity index (χ3n) is 3.74. The number of aromatic carboxylic acids is 1. The van der Waals surface area contributed by atoms with Crippen LogP contribution >= 0.6 is 0 Å². The second kappa shape index (κ2) is 8.89. The Kier molecular flexibility index (Phi) is 6.60. The molecule has 0 amide bonds. The number of ether oxygens (including phenoxy) is 2. The Morgan fingerprint density at radius 3 is 2.52 bits per heavy atom. The third kappa shape index (κ3) is 5.36. The molecule has 0 radical (unpaired) electrons. The first-order valence-corrected chi connectivity index (χ1v) is 7.99. The maximum atomic E-state index is 11.3. The fourth-order valence-electron chi connectivity index (χ4n) is 2.49. The van der Waals surface area contributed by atoms with Crippen molar-refractivity contribution < 1.29 is 19.4 Å². The number of carboxylic acids is 1. The number of carboxylic acid groups (broad SMARTS) is 1. The Hall–Kier alpha value is -2.79. The Morgan fingerprint density at radius 2 is 1.88 bits per heavy atom. The van der Waals surface area contributed by atoms with Crippen molar-refractivity contribution in [1.29, 1.82) is 0 Å². The molecule has 0 saturated heterocycles. The maximum Gasteiger partial charge on any atom is 0.335 e. The van der Waals surface area contributed by atoms with Gasteiger partial charge in [-0.2, -0.15) is 0 Å².